The number of thioether (sulfide) groups is 1. The summed E-state index contributed by atoms with van der Waals surface area (Å²) in [7, 11) is 0. The highest BCUT2D eigenvalue weighted by Crippen LogP contribution is 2.20. The van der Waals surface area contributed by atoms with Crippen LogP contribution < -0.4 is 5.32 Å². The SMILES string of the molecule is C=CCn1c(CC)nnc1SCCC(=O)Nc1cccc([N+](=O)[O-])c1. The van der Waals surface area contributed by atoms with E-state index in [2.05, 4.69) is 22.1 Å². The van der Waals surface area contributed by atoms with Gasteiger partial charge in [0.05, 0.1) is 4.92 Å². The second-order valence-corrected chi connectivity index (χ2v) is 6.17. The maximum Gasteiger partial charge on any atom is 0.271 e. The monoisotopic (exact) mass is 361 g/mol. The van der Waals surface area contributed by atoms with Gasteiger partial charge in [0.15, 0.2) is 5.16 Å². The van der Waals surface area contributed by atoms with Crippen LogP contribution in [0.3, 0.4) is 0 Å². The molecule has 0 unspecified atom stereocenters. The maximum atomic E-state index is 12.0. The van der Waals surface area contributed by atoms with Crippen molar-refractivity contribution in [1.82, 2.24) is 14.8 Å². The van der Waals surface area contributed by atoms with E-state index in [0.717, 1.165) is 17.4 Å². The molecular weight excluding hydrogens is 342 g/mol. The van der Waals surface area contributed by atoms with Gasteiger partial charge in [0.1, 0.15) is 5.82 Å². The maximum absolute atomic E-state index is 12.0. The number of aryl methyl sites for hydroxylation is 1. The summed E-state index contributed by atoms with van der Waals surface area (Å²) in [4.78, 5) is 22.3. The molecule has 1 heterocycles. The van der Waals surface area contributed by atoms with E-state index in [1.807, 2.05) is 11.5 Å². The zero-order valence-corrected chi connectivity index (χ0v) is 14.7. The fraction of sp³-hybridized carbons (Fsp3) is 0.312. The van der Waals surface area contributed by atoms with E-state index < -0.39 is 4.92 Å². The number of nitro groups is 1. The molecule has 1 N–H and O–H groups in total. The highest BCUT2D eigenvalue weighted by Gasteiger charge is 2.12. The number of benzene rings is 1. The Morgan fingerprint density at radius 1 is 1.48 bits per heavy atom. The van der Waals surface area contributed by atoms with Crippen LogP contribution in [0.4, 0.5) is 11.4 Å². The van der Waals surface area contributed by atoms with Crippen molar-refractivity contribution in [3.63, 3.8) is 0 Å². The molecule has 2 rings (SSSR count). The van der Waals surface area contributed by atoms with Gasteiger partial charge in [-0.1, -0.05) is 30.8 Å². The molecule has 0 spiro atoms. The number of nitrogens with one attached hydrogen (secondary N) is 1. The van der Waals surface area contributed by atoms with Gasteiger partial charge in [-0.25, -0.2) is 0 Å². The van der Waals surface area contributed by atoms with Crippen molar-refractivity contribution >= 4 is 29.0 Å². The van der Waals surface area contributed by atoms with Gasteiger partial charge >= 0.3 is 0 Å². The zero-order valence-electron chi connectivity index (χ0n) is 13.8. The number of anilines is 1. The van der Waals surface area contributed by atoms with E-state index in [4.69, 9.17) is 0 Å². The predicted molar refractivity (Wildman–Crippen MR) is 96.7 cm³/mol. The molecule has 1 aromatic heterocycles. The quantitative estimate of drug-likeness (QED) is 0.319. The van der Waals surface area contributed by atoms with Crippen LogP contribution in [0, 0.1) is 10.1 Å². The van der Waals surface area contributed by atoms with Crippen molar-refractivity contribution in [2.24, 2.45) is 0 Å². The molecule has 0 aliphatic heterocycles. The lowest BCUT2D eigenvalue weighted by Gasteiger charge is -2.07. The number of nitro benzene ring substituents is 1. The summed E-state index contributed by atoms with van der Waals surface area (Å²) in [6.45, 7) is 6.36. The largest absolute Gasteiger partial charge is 0.326 e. The number of allylic oxidation sites excluding steroid dienone is 1. The number of carbonyl (C=O) groups is 1. The van der Waals surface area contributed by atoms with E-state index in [0.29, 0.717) is 18.0 Å². The average Bonchev–Trinajstić information content (AvgIpc) is 2.97. The van der Waals surface area contributed by atoms with Gasteiger partial charge in [-0.05, 0) is 6.07 Å². The summed E-state index contributed by atoms with van der Waals surface area (Å²) in [6.07, 6.45) is 2.81. The molecule has 8 nitrogen and oxygen atoms in total. The van der Waals surface area contributed by atoms with Crippen molar-refractivity contribution in [2.45, 2.75) is 31.5 Å². The van der Waals surface area contributed by atoms with Gasteiger partial charge in [-0.15, -0.1) is 16.8 Å². The first-order valence-electron chi connectivity index (χ1n) is 7.75. The van der Waals surface area contributed by atoms with Gasteiger partial charge in [-0.2, -0.15) is 0 Å². The zero-order chi connectivity index (χ0) is 18.2. The first-order valence-corrected chi connectivity index (χ1v) is 8.73. The Labute approximate surface area is 149 Å². The molecule has 0 aliphatic rings. The van der Waals surface area contributed by atoms with Crippen LogP contribution in [0.2, 0.25) is 0 Å². The Kier molecular flexibility index (Phi) is 6.70. The summed E-state index contributed by atoms with van der Waals surface area (Å²) < 4.78 is 1.97. The number of non-ortho nitro benzene ring substituents is 1. The number of hydrogen-bond donors (Lipinski definition) is 1. The third-order valence-electron chi connectivity index (χ3n) is 3.32. The van der Waals surface area contributed by atoms with Gasteiger partial charge in [0, 0.05) is 43.0 Å². The van der Waals surface area contributed by atoms with Crippen LogP contribution in [0.5, 0.6) is 0 Å². The van der Waals surface area contributed by atoms with Crippen LogP contribution >= 0.6 is 11.8 Å². The van der Waals surface area contributed by atoms with Gasteiger partial charge in [0.2, 0.25) is 5.91 Å². The second-order valence-electron chi connectivity index (χ2n) is 5.11. The van der Waals surface area contributed by atoms with Crippen molar-refractivity contribution in [2.75, 3.05) is 11.1 Å². The number of hydrogen-bond acceptors (Lipinski definition) is 6. The third kappa shape index (κ3) is 5.15. The lowest BCUT2D eigenvalue weighted by atomic mass is 10.3. The molecule has 9 heteroatoms. The molecule has 1 amide bonds. The van der Waals surface area contributed by atoms with Crippen LogP contribution in [-0.2, 0) is 17.8 Å². The van der Waals surface area contributed by atoms with Crippen LogP contribution in [0.1, 0.15) is 19.2 Å². The molecule has 2 aromatic rings. The average molecular weight is 361 g/mol. The summed E-state index contributed by atoms with van der Waals surface area (Å²) in [5.41, 5.74) is 0.351. The van der Waals surface area contributed by atoms with Gasteiger partial charge in [-0.3, -0.25) is 14.9 Å². The standard InChI is InChI=1S/C16H19N5O3S/c1-3-9-20-14(4-2)18-19-16(20)25-10-8-15(22)17-12-6-5-7-13(11-12)21(23)24/h3,5-7,11H,1,4,8-10H2,2H3,(H,17,22). The Bertz CT molecular complexity index is 775. The first-order chi connectivity index (χ1) is 12.0. The molecule has 0 radical (unpaired) electrons. The number of rotatable bonds is 9. The highest BCUT2D eigenvalue weighted by atomic mass is 32.2. The fourth-order valence-corrected chi connectivity index (χ4v) is 3.06. The lowest BCUT2D eigenvalue weighted by Crippen LogP contribution is -2.12. The van der Waals surface area contributed by atoms with E-state index in [1.165, 1.54) is 30.0 Å². The Balaban J connectivity index is 1.89. The lowest BCUT2D eigenvalue weighted by molar-refractivity contribution is -0.384. The fourth-order valence-electron chi connectivity index (χ4n) is 2.16. The molecule has 1 aromatic carbocycles. The first kappa shape index (κ1) is 18.7. The topological polar surface area (TPSA) is 103 Å². The Hall–Kier alpha value is -2.68. The van der Waals surface area contributed by atoms with Crippen molar-refractivity contribution in [3.8, 4) is 0 Å². The molecule has 0 fully saturated rings. The van der Waals surface area contributed by atoms with E-state index >= 15 is 0 Å². The molecule has 132 valence electrons. The van der Waals surface area contributed by atoms with Crippen molar-refractivity contribution < 1.29 is 9.72 Å². The minimum Gasteiger partial charge on any atom is -0.326 e. The summed E-state index contributed by atoms with van der Waals surface area (Å²) in [5, 5.41) is 22.4. The van der Waals surface area contributed by atoms with E-state index in [-0.39, 0.29) is 18.0 Å². The number of carbonyl (C=O) groups excluding carboxylic acids is 1. The smallest absolute Gasteiger partial charge is 0.271 e. The highest BCUT2D eigenvalue weighted by molar-refractivity contribution is 7.99. The van der Waals surface area contributed by atoms with Crippen molar-refractivity contribution in [1.29, 1.82) is 0 Å². The minimum absolute atomic E-state index is 0.0585. The van der Waals surface area contributed by atoms with Gasteiger partial charge in [0.25, 0.3) is 5.69 Å². The Morgan fingerprint density at radius 2 is 2.28 bits per heavy atom. The normalized spacial score (nSPS) is 10.4. The molecule has 0 bridgehead atoms. The Morgan fingerprint density at radius 3 is 2.96 bits per heavy atom. The summed E-state index contributed by atoms with van der Waals surface area (Å²) in [5.74, 6) is 1.20. The van der Waals surface area contributed by atoms with E-state index in [1.54, 1.807) is 12.1 Å². The molecule has 0 aliphatic carbocycles. The van der Waals surface area contributed by atoms with Crippen LogP contribution in [0.25, 0.3) is 0 Å². The number of nitrogens with zero attached hydrogens (tertiary/aromatic N) is 4. The summed E-state index contributed by atoms with van der Waals surface area (Å²) in [6, 6.07) is 5.86. The van der Waals surface area contributed by atoms with Gasteiger partial charge < -0.3 is 9.88 Å². The van der Waals surface area contributed by atoms with Crippen LogP contribution in [0.15, 0.2) is 42.1 Å². The number of amides is 1. The molecule has 0 saturated carbocycles. The molecule has 25 heavy (non-hydrogen) atoms. The molecule has 0 atom stereocenters. The summed E-state index contributed by atoms with van der Waals surface area (Å²) >= 11 is 1.44. The number of aromatic nitrogens is 3. The predicted octanol–water partition coefficient (Wildman–Crippen LogP) is 3.06. The molecular formula is C16H19N5O3S. The van der Waals surface area contributed by atoms with Crippen LogP contribution in [-0.4, -0.2) is 31.3 Å². The second kappa shape index (κ2) is 8.97. The van der Waals surface area contributed by atoms with Crippen molar-refractivity contribution in [3.05, 3.63) is 52.9 Å². The molecule has 0 saturated heterocycles. The minimum atomic E-state index is -0.497. The third-order valence-corrected chi connectivity index (χ3v) is 4.29. The van der Waals surface area contributed by atoms with E-state index in [9.17, 15) is 14.9 Å².